The van der Waals surface area contributed by atoms with Gasteiger partial charge in [-0.2, -0.15) is 0 Å². The van der Waals surface area contributed by atoms with Gasteiger partial charge in [0, 0.05) is 19.4 Å². The van der Waals surface area contributed by atoms with Crippen molar-refractivity contribution in [3.8, 4) is 5.75 Å². The van der Waals surface area contributed by atoms with Crippen LogP contribution in [0.3, 0.4) is 0 Å². The molecule has 0 saturated carbocycles. The maximum Gasteiger partial charge on any atom is 0.257 e. The number of phenols is 1. The molecule has 0 fully saturated rings. The van der Waals surface area contributed by atoms with Gasteiger partial charge in [-0.3, -0.25) is 14.5 Å². The number of nitrogens with zero attached hydrogens (tertiary/aromatic N) is 1. The molecule has 0 saturated heterocycles. The Morgan fingerprint density at radius 3 is 2.44 bits per heavy atom. The monoisotopic (exact) mass is 247 g/mol. The number of aliphatic hydroxyl groups excluding tert-OH is 1. The lowest BCUT2D eigenvalue weighted by atomic mass is 10.0. The Hall–Kier alpha value is -2.30. The summed E-state index contributed by atoms with van der Waals surface area (Å²) in [5, 5.41) is 18.9. The number of carbonyl (C=O) groups is 2. The van der Waals surface area contributed by atoms with E-state index in [4.69, 9.17) is 0 Å². The van der Waals surface area contributed by atoms with Crippen LogP contribution in [0, 0.1) is 0 Å². The minimum atomic E-state index is -0.653. The lowest BCUT2D eigenvalue weighted by Gasteiger charge is -2.22. The van der Waals surface area contributed by atoms with Crippen LogP contribution in [0.25, 0.3) is 0 Å². The molecule has 0 spiro atoms. The summed E-state index contributed by atoms with van der Waals surface area (Å²) >= 11 is 0. The van der Waals surface area contributed by atoms with Crippen molar-refractivity contribution in [2.75, 3.05) is 0 Å². The van der Waals surface area contributed by atoms with Gasteiger partial charge in [0.15, 0.2) is 0 Å². The molecule has 0 aliphatic carbocycles. The Bertz CT molecular complexity index is 518. The van der Waals surface area contributed by atoms with Crippen molar-refractivity contribution >= 4 is 11.8 Å². The van der Waals surface area contributed by atoms with Crippen LogP contribution in [-0.4, -0.2) is 33.0 Å². The van der Waals surface area contributed by atoms with Crippen LogP contribution < -0.4 is 0 Å². The van der Waals surface area contributed by atoms with Crippen molar-refractivity contribution in [2.45, 2.75) is 19.4 Å². The maximum absolute atomic E-state index is 11.5. The van der Waals surface area contributed by atoms with Crippen LogP contribution in [0.2, 0.25) is 0 Å². The molecule has 5 nitrogen and oxygen atoms in total. The minimum absolute atomic E-state index is 0.108. The first-order valence-corrected chi connectivity index (χ1v) is 5.51. The maximum atomic E-state index is 11.5. The molecule has 1 aromatic carbocycles. The van der Waals surface area contributed by atoms with Crippen LogP contribution >= 0.6 is 0 Å². The van der Waals surface area contributed by atoms with E-state index >= 15 is 0 Å². The van der Waals surface area contributed by atoms with Gasteiger partial charge in [-0.1, -0.05) is 12.1 Å². The summed E-state index contributed by atoms with van der Waals surface area (Å²) in [4.78, 5) is 23.9. The molecule has 1 heterocycles. The molecule has 0 bridgehead atoms. The molecule has 2 amide bonds. The highest BCUT2D eigenvalue weighted by molar-refractivity contribution is 6.03. The zero-order valence-corrected chi connectivity index (χ0v) is 9.83. The van der Waals surface area contributed by atoms with Gasteiger partial charge < -0.3 is 10.2 Å². The number of aromatic hydroxyl groups is 1. The molecule has 1 unspecified atom stereocenters. The minimum Gasteiger partial charge on any atom is -0.510 e. The second-order valence-electron chi connectivity index (χ2n) is 4.18. The Kier molecular flexibility index (Phi) is 3.06. The second kappa shape index (κ2) is 4.52. The van der Waals surface area contributed by atoms with Crippen LogP contribution in [0.4, 0.5) is 0 Å². The first-order valence-electron chi connectivity index (χ1n) is 5.51. The van der Waals surface area contributed by atoms with Crippen molar-refractivity contribution in [3.63, 3.8) is 0 Å². The van der Waals surface area contributed by atoms with Gasteiger partial charge in [-0.25, -0.2) is 0 Å². The summed E-state index contributed by atoms with van der Waals surface area (Å²) in [7, 11) is 0. The average Bonchev–Trinajstić information content (AvgIpc) is 2.57. The molecule has 5 heteroatoms. The molecule has 94 valence electrons. The van der Waals surface area contributed by atoms with E-state index in [-0.39, 0.29) is 11.5 Å². The third-order valence-corrected chi connectivity index (χ3v) is 2.87. The number of hydrogen-bond donors (Lipinski definition) is 2. The Labute approximate surface area is 104 Å². The third-order valence-electron chi connectivity index (χ3n) is 2.87. The molecular formula is C13H13NO4. The van der Waals surface area contributed by atoms with E-state index in [2.05, 4.69) is 0 Å². The van der Waals surface area contributed by atoms with Gasteiger partial charge in [0.25, 0.3) is 5.91 Å². The van der Waals surface area contributed by atoms with E-state index < -0.39 is 17.9 Å². The van der Waals surface area contributed by atoms with E-state index in [1.54, 1.807) is 12.1 Å². The highest BCUT2D eigenvalue weighted by atomic mass is 16.3. The summed E-state index contributed by atoms with van der Waals surface area (Å²) in [5.74, 6) is -0.861. The topological polar surface area (TPSA) is 77.8 Å². The van der Waals surface area contributed by atoms with Crippen LogP contribution in [0.1, 0.15) is 12.5 Å². The van der Waals surface area contributed by atoms with Gasteiger partial charge >= 0.3 is 0 Å². The fraction of sp³-hybridized carbons (Fsp3) is 0.231. The van der Waals surface area contributed by atoms with Crippen molar-refractivity contribution in [2.24, 2.45) is 0 Å². The highest BCUT2D eigenvalue weighted by Gasteiger charge is 2.35. The Morgan fingerprint density at radius 1 is 1.28 bits per heavy atom. The zero-order chi connectivity index (χ0) is 13.3. The van der Waals surface area contributed by atoms with Gasteiger partial charge in [0.2, 0.25) is 5.91 Å². The molecule has 1 aliphatic rings. The zero-order valence-electron chi connectivity index (χ0n) is 9.83. The van der Waals surface area contributed by atoms with E-state index in [0.29, 0.717) is 6.42 Å². The van der Waals surface area contributed by atoms with Gasteiger partial charge in [-0.05, 0) is 17.7 Å². The smallest absolute Gasteiger partial charge is 0.257 e. The van der Waals surface area contributed by atoms with Gasteiger partial charge in [0.05, 0.1) is 0 Å². The van der Waals surface area contributed by atoms with E-state index in [9.17, 15) is 19.8 Å². The summed E-state index contributed by atoms with van der Waals surface area (Å²) < 4.78 is 0. The first-order chi connectivity index (χ1) is 8.49. The normalized spacial score (nSPS) is 18.9. The highest BCUT2D eigenvalue weighted by Crippen LogP contribution is 2.22. The van der Waals surface area contributed by atoms with Crippen LogP contribution in [-0.2, 0) is 16.0 Å². The lowest BCUT2D eigenvalue weighted by Crippen LogP contribution is -2.40. The van der Waals surface area contributed by atoms with Crippen LogP contribution in [0.5, 0.6) is 5.75 Å². The van der Waals surface area contributed by atoms with Crippen LogP contribution in [0.15, 0.2) is 36.1 Å². The van der Waals surface area contributed by atoms with E-state index in [0.717, 1.165) is 16.5 Å². The quantitative estimate of drug-likeness (QED) is 0.821. The van der Waals surface area contributed by atoms with E-state index in [1.165, 1.54) is 19.1 Å². The van der Waals surface area contributed by atoms with Crippen molar-refractivity contribution in [1.29, 1.82) is 0 Å². The fourth-order valence-electron chi connectivity index (χ4n) is 2.00. The molecule has 1 aromatic rings. The molecule has 1 atom stereocenters. The molecule has 18 heavy (non-hydrogen) atoms. The number of carbonyl (C=O) groups excluding carboxylic acids is 2. The number of amides is 2. The van der Waals surface area contributed by atoms with Gasteiger partial charge in [-0.15, -0.1) is 0 Å². The van der Waals surface area contributed by atoms with Crippen molar-refractivity contribution in [3.05, 3.63) is 41.7 Å². The molecule has 2 rings (SSSR count). The number of rotatable bonds is 2. The van der Waals surface area contributed by atoms with Crippen molar-refractivity contribution < 1.29 is 19.8 Å². The molecule has 1 aliphatic heterocycles. The molecule has 2 N–H and O–H groups in total. The van der Waals surface area contributed by atoms with E-state index in [1.807, 2.05) is 0 Å². The second-order valence-corrected chi connectivity index (χ2v) is 4.18. The van der Waals surface area contributed by atoms with Gasteiger partial charge in [0.1, 0.15) is 17.6 Å². The number of hydrogen-bond acceptors (Lipinski definition) is 4. The standard InChI is InChI=1S/C13H13NO4/c1-8(15)14-11(12(17)7-13(14)18)6-9-2-4-10(16)5-3-9/h2-5,7,11,16-17H,6H2,1H3. The molecule has 0 radical (unpaired) electrons. The lowest BCUT2D eigenvalue weighted by molar-refractivity contribution is -0.141. The molecule has 0 aromatic heterocycles. The number of aliphatic hydroxyl groups is 1. The Morgan fingerprint density at radius 2 is 1.89 bits per heavy atom. The largest absolute Gasteiger partial charge is 0.510 e. The SMILES string of the molecule is CC(=O)N1C(=O)C=C(O)C1Cc1ccc(O)cc1. The summed E-state index contributed by atoms with van der Waals surface area (Å²) in [6.45, 7) is 1.29. The predicted octanol–water partition coefficient (Wildman–Crippen LogP) is 1.13. The first kappa shape index (κ1) is 12.2. The average molecular weight is 247 g/mol. The number of benzene rings is 1. The third kappa shape index (κ3) is 2.20. The molecular weight excluding hydrogens is 234 g/mol. The summed E-state index contributed by atoms with van der Waals surface area (Å²) in [5.41, 5.74) is 0.818. The number of phenolic OH excluding ortho intramolecular Hbond substituents is 1. The predicted molar refractivity (Wildman–Crippen MR) is 63.8 cm³/mol. The summed E-state index contributed by atoms with van der Waals surface area (Å²) in [6.07, 6.45) is 1.39. The summed E-state index contributed by atoms with van der Waals surface area (Å²) in [6, 6.07) is 5.75. The fourth-order valence-corrected chi connectivity index (χ4v) is 2.00. The Balaban J connectivity index is 2.21. The number of imide groups is 1. The van der Waals surface area contributed by atoms with Crippen molar-refractivity contribution in [1.82, 2.24) is 4.90 Å².